The van der Waals surface area contributed by atoms with Gasteiger partial charge in [0, 0.05) is 13.1 Å². The molecule has 1 rings (SSSR count). The molecule has 0 aromatic heterocycles. The van der Waals surface area contributed by atoms with Crippen LogP contribution in [0.15, 0.2) is 0 Å². The molecule has 0 spiro atoms. The Kier molecular flexibility index (Phi) is 2.74. The first-order chi connectivity index (χ1) is 3.96. The lowest BCUT2D eigenvalue weighted by molar-refractivity contribution is -0.0959. The molecule has 3 heteroatoms. The largest absolute Gasteiger partial charge is 0.387 e. The second-order valence-corrected chi connectivity index (χ2v) is 3.89. The fraction of sp³-hybridized carbons (Fsp3) is 1.00. The molecule has 10 heavy (non-hydrogen) atoms. The van der Waals surface area contributed by atoms with E-state index >= 15 is 0 Å². The number of rotatable bonds is 0. The van der Waals surface area contributed by atoms with Gasteiger partial charge in [0.25, 0.3) is 0 Å². The molecular weight excluding hydrogens is 150 g/mol. The van der Waals surface area contributed by atoms with Crippen molar-refractivity contribution in [2.24, 2.45) is 5.41 Å². The molecule has 0 radical (unpaired) electrons. The highest BCUT2D eigenvalue weighted by molar-refractivity contribution is 5.85. The maximum absolute atomic E-state index is 9.68. The minimum atomic E-state index is -0.451. The van der Waals surface area contributed by atoms with Crippen molar-refractivity contribution < 1.29 is 5.11 Å². The van der Waals surface area contributed by atoms with Gasteiger partial charge in [-0.3, -0.25) is 0 Å². The summed E-state index contributed by atoms with van der Waals surface area (Å²) in [5.74, 6) is 0. The van der Waals surface area contributed by atoms with Gasteiger partial charge in [-0.2, -0.15) is 0 Å². The van der Waals surface area contributed by atoms with Crippen molar-refractivity contribution in [3.05, 3.63) is 0 Å². The molecule has 1 fully saturated rings. The third-order valence-electron chi connectivity index (χ3n) is 2.23. The third kappa shape index (κ3) is 1.44. The Morgan fingerprint density at radius 1 is 1.30 bits per heavy atom. The van der Waals surface area contributed by atoms with Crippen molar-refractivity contribution in [3.63, 3.8) is 0 Å². The minimum absolute atomic E-state index is 0. The summed E-state index contributed by atoms with van der Waals surface area (Å²) in [5, 5.41) is 12.7. The first-order valence-corrected chi connectivity index (χ1v) is 3.39. The van der Waals surface area contributed by atoms with Crippen LogP contribution in [-0.2, 0) is 0 Å². The van der Waals surface area contributed by atoms with Gasteiger partial charge in [0.1, 0.15) is 0 Å². The van der Waals surface area contributed by atoms with Crippen LogP contribution >= 0.6 is 12.4 Å². The van der Waals surface area contributed by atoms with E-state index in [2.05, 4.69) is 26.1 Å². The highest BCUT2D eigenvalue weighted by atomic mass is 35.5. The molecule has 0 atom stereocenters. The van der Waals surface area contributed by atoms with Crippen LogP contribution in [0.2, 0.25) is 0 Å². The van der Waals surface area contributed by atoms with Crippen molar-refractivity contribution in [3.8, 4) is 0 Å². The van der Waals surface area contributed by atoms with Crippen molar-refractivity contribution in [1.29, 1.82) is 0 Å². The van der Waals surface area contributed by atoms with E-state index in [1.54, 1.807) is 0 Å². The van der Waals surface area contributed by atoms with E-state index in [4.69, 9.17) is 0 Å². The molecule has 62 valence electrons. The average molecular weight is 166 g/mol. The first kappa shape index (κ1) is 10.2. The Balaban J connectivity index is 0.000000810. The fourth-order valence-corrected chi connectivity index (χ4v) is 0.892. The first-order valence-electron chi connectivity index (χ1n) is 3.39. The van der Waals surface area contributed by atoms with Crippen LogP contribution in [0, 0.1) is 5.41 Å². The lowest BCUT2D eigenvalue weighted by Crippen LogP contribution is -2.66. The lowest BCUT2D eigenvalue weighted by Gasteiger charge is -2.47. The van der Waals surface area contributed by atoms with Gasteiger partial charge >= 0.3 is 0 Å². The van der Waals surface area contributed by atoms with Gasteiger partial charge in [-0.15, -0.1) is 12.4 Å². The molecular formula is C7H16ClNO. The second-order valence-electron chi connectivity index (χ2n) is 3.89. The third-order valence-corrected chi connectivity index (χ3v) is 2.23. The van der Waals surface area contributed by atoms with Crippen LogP contribution < -0.4 is 5.32 Å². The average Bonchev–Trinajstić information content (AvgIpc) is 1.57. The van der Waals surface area contributed by atoms with E-state index in [9.17, 15) is 5.11 Å². The summed E-state index contributed by atoms with van der Waals surface area (Å²) < 4.78 is 0. The van der Waals surface area contributed by atoms with Crippen molar-refractivity contribution in [2.45, 2.75) is 26.4 Å². The Bertz CT molecular complexity index is 115. The zero-order valence-electron chi connectivity index (χ0n) is 6.77. The topological polar surface area (TPSA) is 32.3 Å². The molecule has 1 aliphatic rings. The summed E-state index contributed by atoms with van der Waals surface area (Å²) in [7, 11) is 0. The Morgan fingerprint density at radius 3 is 1.70 bits per heavy atom. The number of halogens is 1. The van der Waals surface area contributed by atoms with Crippen molar-refractivity contribution >= 4 is 12.4 Å². The van der Waals surface area contributed by atoms with Gasteiger partial charge in [0.05, 0.1) is 5.60 Å². The molecule has 1 heterocycles. The number of aliphatic hydroxyl groups is 1. The van der Waals surface area contributed by atoms with Crippen LogP contribution in [0.5, 0.6) is 0 Å². The molecule has 1 saturated heterocycles. The maximum Gasteiger partial charge on any atom is 0.0942 e. The zero-order chi connectivity index (χ0) is 7.12. The fourth-order valence-electron chi connectivity index (χ4n) is 0.892. The highest BCUT2D eigenvalue weighted by Crippen LogP contribution is 2.32. The van der Waals surface area contributed by atoms with Crippen LogP contribution in [-0.4, -0.2) is 23.8 Å². The summed E-state index contributed by atoms with van der Waals surface area (Å²) in [6.45, 7) is 7.68. The minimum Gasteiger partial charge on any atom is -0.387 e. The normalized spacial score (nSPS) is 22.8. The van der Waals surface area contributed by atoms with Crippen LogP contribution in [0.1, 0.15) is 20.8 Å². The quantitative estimate of drug-likeness (QED) is 0.557. The van der Waals surface area contributed by atoms with Crippen LogP contribution in [0.3, 0.4) is 0 Å². The number of β-amino-alcohol motifs (C(OH)–C–C–N with tert-alkyl or cyclic N) is 1. The molecule has 1 aliphatic heterocycles. The molecule has 2 nitrogen and oxygen atoms in total. The molecule has 0 saturated carbocycles. The van der Waals surface area contributed by atoms with Gasteiger partial charge in [0.15, 0.2) is 0 Å². The Morgan fingerprint density at radius 2 is 1.70 bits per heavy atom. The van der Waals surface area contributed by atoms with Gasteiger partial charge in [0.2, 0.25) is 0 Å². The molecule has 0 aromatic carbocycles. The summed E-state index contributed by atoms with van der Waals surface area (Å²) in [6.07, 6.45) is 0. The summed E-state index contributed by atoms with van der Waals surface area (Å²) >= 11 is 0. The van der Waals surface area contributed by atoms with Gasteiger partial charge < -0.3 is 10.4 Å². The monoisotopic (exact) mass is 165 g/mol. The predicted octanol–water partition coefficient (Wildman–Crippen LogP) is 0.789. The van der Waals surface area contributed by atoms with Gasteiger partial charge in [-0.1, -0.05) is 20.8 Å². The SMILES string of the molecule is CC(C)(C)C1(O)CNC1.Cl. The Hall–Kier alpha value is 0.210. The van der Waals surface area contributed by atoms with E-state index in [1.165, 1.54) is 0 Å². The zero-order valence-corrected chi connectivity index (χ0v) is 7.59. The highest BCUT2D eigenvalue weighted by Gasteiger charge is 2.44. The van der Waals surface area contributed by atoms with Crippen LogP contribution in [0.25, 0.3) is 0 Å². The van der Waals surface area contributed by atoms with E-state index < -0.39 is 5.60 Å². The Labute approximate surface area is 68.4 Å². The van der Waals surface area contributed by atoms with E-state index in [0.717, 1.165) is 13.1 Å². The molecule has 0 bridgehead atoms. The maximum atomic E-state index is 9.68. The standard InChI is InChI=1S/C7H15NO.ClH/c1-6(2,3)7(9)4-8-5-7;/h8-9H,4-5H2,1-3H3;1H. The second kappa shape index (κ2) is 2.68. The summed E-state index contributed by atoms with van der Waals surface area (Å²) in [6, 6.07) is 0. The predicted molar refractivity (Wildman–Crippen MR) is 44.5 cm³/mol. The van der Waals surface area contributed by atoms with Gasteiger partial charge in [-0.05, 0) is 5.41 Å². The molecule has 0 aliphatic carbocycles. The summed E-state index contributed by atoms with van der Waals surface area (Å²) in [4.78, 5) is 0. The molecule has 0 unspecified atom stereocenters. The van der Waals surface area contributed by atoms with E-state index in [0.29, 0.717) is 0 Å². The molecule has 0 amide bonds. The number of hydrogen-bond acceptors (Lipinski definition) is 2. The lowest BCUT2D eigenvalue weighted by atomic mass is 9.73. The molecule has 2 N–H and O–H groups in total. The summed E-state index contributed by atoms with van der Waals surface area (Å²) in [5.41, 5.74) is -0.425. The van der Waals surface area contributed by atoms with Gasteiger partial charge in [-0.25, -0.2) is 0 Å². The molecule has 0 aromatic rings. The van der Waals surface area contributed by atoms with Crippen molar-refractivity contribution in [1.82, 2.24) is 5.32 Å². The smallest absolute Gasteiger partial charge is 0.0942 e. The van der Waals surface area contributed by atoms with Crippen LogP contribution in [0.4, 0.5) is 0 Å². The van der Waals surface area contributed by atoms with E-state index in [1.807, 2.05) is 0 Å². The van der Waals surface area contributed by atoms with E-state index in [-0.39, 0.29) is 17.8 Å². The number of hydrogen-bond donors (Lipinski definition) is 2. The number of nitrogens with one attached hydrogen (secondary N) is 1. The van der Waals surface area contributed by atoms with Crippen molar-refractivity contribution in [2.75, 3.05) is 13.1 Å².